The molecule has 1 aliphatic rings. The van der Waals surface area contributed by atoms with E-state index in [4.69, 9.17) is 5.26 Å². The molecular formula is C6H6N2OS. The molecule has 1 saturated heterocycles. The van der Waals surface area contributed by atoms with Crippen molar-refractivity contribution in [2.45, 2.75) is 12.2 Å². The Morgan fingerprint density at radius 1 is 1.90 bits per heavy atom. The quantitative estimate of drug-likeness (QED) is 0.520. The van der Waals surface area contributed by atoms with Gasteiger partial charge in [0.15, 0.2) is 0 Å². The summed E-state index contributed by atoms with van der Waals surface area (Å²) in [7, 11) is 0. The lowest BCUT2D eigenvalue weighted by Crippen LogP contribution is -2.19. The van der Waals surface area contributed by atoms with E-state index in [1.165, 1.54) is 17.8 Å². The lowest BCUT2D eigenvalue weighted by Gasteiger charge is -1.88. The van der Waals surface area contributed by atoms with Crippen LogP contribution < -0.4 is 5.32 Å². The molecule has 0 saturated carbocycles. The summed E-state index contributed by atoms with van der Waals surface area (Å²) in [4.78, 5) is 10.8. The molecule has 1 aliphatic heterocycles. The third-order valence-electron chi connectivity index (χ3n) is 1.12. The molecule has 1 rings (SSSR count). The van der Waals surface area contributed by atoms with Gasteiger partial charge in [0.1, 0.15) is 0 Å². The van der Waals surface area contributed by atoms with Crippen molar-refractivity contribution in [3.8, 4) is 6.07 Å². The summed E-state index contributed by atoms with van der Waals surface area (Å²) in [6.07, 6.45) is 1.34. The standard InChI is InChI=1S/C6H6N2OS/c1-4-6(9)8-5(10-4)2-3-7/h2,4H,1H3,(H,8,9)/b5-2-. The first-order valence-corrected chi connectivity index (χ1v) is 3.69. The molecule has 1 amide bonds. The van der Waals surface area contributed by atoms with E-state index in [0.29, 0.717) is 5.03 Å². The Hall–Kier alpha value is -0.950. The number of nitrogens with zero attached hydrogens (tertiary/aromatic N) is 1. The Balaban J connectivity index is 2.68. The predicted molar refractivity (Wildman–Crippen MR) is 38.9 cm³/mol. The molecule has 0 aromatic rings. The van der Waals surface area contributed by atoms with Gasteiger partial charge in [-0.1, -0.05) is 11.8 Å². The van der Waals surface area contributed by atoms with E-state index in [1.54, 1.807) is 6.92 Å². The van der Waals surface area contributed by atoms with Gasteiger partial charge in [0.2, 0.25) is 5.91 Å². The van der Waals surface area contributed by atoms with Crippen molar-refractivity contribution < 1.29 is 4.79 Å². The topological polar surface area (TPSA) is 52.9 Å². The SMILES string of the molecule is CC1S/C(=C\C#N)NC1=O. The van der Waals surface area contributed by atoms with Crippen molar-refractivity contribution in [1.82, 2.24) is 5.32 Å². The number of allylic oxidation sites excluding steroid dienone is 1. The van der Waals surface area contributed by atoms with Gasteiger partial charge in [-0.2, -0.15) is 5.26 Å². The largest absolute Gasteiger partial charge is 0.319 e. The zero-order chi connectivity index (χ0) is 7.56. The summed E-state index contributed by atoms with van der Waals surface area (Å²) in [5, 5.41) is 11.4. The van der Waals surface area contributed by atoms with E-state index < -0.39 is 0 Å². The first kappa shape index (κ1) is 7.16. The summed E-state index contributed by atoms with van der Waals surface area (Å²) < 4.78 is 0. The lowest BCUT2D eigenvalue weighted by molar-refractivity contribution is -0.118. The number of carbonyl (C=O) groups is 1. The van der Waals surface area contributed by atoms with E-state index in [9.17, 15) is 4.79 Å². The van der Waals surface area contributed by atoms with Crippen molar-refractivity contribution in [3.63, 3.8) is 0 Å². The van der Waals surface area contributed by atoms with Gasteiger partial charge in [0.25, 0.3) is 0 Å². The fraction of sp³-hybridized carbons (Fsp3) is 0.333. The highest BCUT2D eigenvalue weighted by molar-refractivity contribution is 8.04. The second-order valence-electron chi connectivity index (χ2n) is 1.89. The molecule has 0 bridgehead atoms. The highest BCUT2D eigenvalue weighted by Gasteiger charge is 2.23. The fourth-order valence-corrected chi connectivity index (χ4v) is 1.45. The molecule has 1 fully saturated rings. The molecule has 0 radical (unpaired) electrons. The minimum absolute atomic E-state index is 0.0218. The van der Waals surface area contributed by atoms with Crippen LogP contribution in [0.1, 0.15) is 6.92 Å². The van der Waals surface area contributed by atoms with Gasteiger partial charge in [-0.3, -0.25) is 4.79 Å². The number of nitrogens with one attached hydrogen (secondary N) is 1. The van der Waals surface area contributed by atoms with Gasteiger partial charge < -0.3 is 5.32 Å². The van der Waals surface area contributed by atoms with Crippen molar-refractivity contribution in [1.29, 1.82) is 5.26 Å². The van der Waals surface area contributed by atoms with Crippen LogP contribution in [0.4, 0.5) is 0 Å². The molecule has 52 valence electrons. The van der Waals surface area contributed by atoms with Crippen molar-refractivity contribution in [3.05, 3.63) is 11.1 Å². The average molecular weight is 154 g/mol. The highest BCUT2D eigenvalue weighted by Crippen LogP contribution is 2.25. The summed E-state index contributed by atoms with van der Waals surface area (Å²) in [6, 6.07) is 1.85. The zero-order valence-corrected chi connectivity index (χ0v) is 6.23. The maximum atomic E-state index is 10.8. The highest BCUT2D eigenvalue weighted by atomic mass is 32.2. The van der Waals surface area contributed by atoms with E-state index in [-0.39, 0.29) is 11.2 Å². The number of hydrogen-bond donors (Lipinski definition) is 1. The molecule has 1 N–H and O–H groups in total. The molecule has 3 nitrogen and oxygen atoms in total. The van der Waals surface area contributed by atoms with Crippen LogP contribution in [0.5, 0.6) is 0 Å². The third kappa shape index (κ3) is 1.31. The Bertz CT molecular complexity index is 228. The molecule has 1 heterocycles. The molecule has 10 heavy (non-hydrogen) atoms. The molecule has 0 spiro atoms. The summed E-state index contributed by atoms with van der Waals surface area (Å²) in [5.41, 5.74) is 0. The monoisotopic (exact) mass is 154 g/mol. The minimum atomic E-state index is -0.0559. The van der Waals surface area contributed by atoms with E-state index in [2.05, 4.69) is 5.32 Å². The van der Waals surface area contributed by atoms with Crippen LogP contribution in [0, 0.1) is 11.3 Å². The predicted octanol–water partition coefficient (Wildman–Crippen LogP) is 0.603. The zero-order valence-electron chi connectivity index (χ0n) is 5.42. The summed E-state index contributed by atoms with van der Waals surface area (Å²) in [5.74, 6) is -0.0218. The van der Waals surface area contributed by atoms with Crippen LogP contribution in [0.25, 0.3) is 0 Å². The molecule has 4 heteroatoms. The van der Waals surface area contributed by atoms with Gasteiger partial charge in [-0.05, 0) is 6.92 Å². The fourth-order valence-electron chi connectivity index (χ4n) is 0.625. The molecular weight excluding hydrogens is 148 g/mol. The van der Waals surface area contributed by atoms with Gasteiger partial charge in [-0.15, -0.1) is 0 Å². The van der Waals surface area contributed by atoms with E-state index in [0.717, 1.165) is 0 Å². The van der Waals surface area contributed by atoms with Crippen molar-refractivity contribution in [2.75, 3.05) is 0 Å². The van der Waals surface area contributed by atoms with Crippen LogP contribution in [-0.4, -0.2) is 11.2 Å². The normalized spacial score (nSPS) is 28.2. The van der Waals surface area contributed by atoms with Gasteiger partial charge >= 0.3 is 0 Å². The van der Waals surface area contributed by atoms with Crippen molar-refractivity contribution in [2.24, 2.45) is 0 Å². The smallest absolute Gasteiger partial charge is 0.238 e. The molecule has 0 aliphatic carbocycles. The maximum absolute atomic E-state index is 10.8. The lowest BCUT2D eigenvalue weighted by atomic mass is 10.4. The molecule has 0 aromatic heterocycles. The van der Waals surface area contributed by atoms with Crippen LogP contribution in [0.2, 0.25) is 0 Å². The first-order chi connectivity index (χ1) is 4.74. The number of nitriles is 1. The Morgan fingerprint density at radius 3 is 3.00 bits per heavy atom. The van der Waals surface area contributed by atoms with Crippen LogP contribution in [0.15, 0.2) is 11.1 Å². The van der Waals surface area contributed by atoms with Crippen LogP contribution in [-0.2, 0) is 4.79 Å². The molecule has 1 atom stereocenters. The first-order valence-electron chi connectivity index (χ1n) is 2.81. The van der Waals surface area contributed by atoms with Crippen LogP contribution in [0.3, 0.4) is 0 Å². The number of thioether (sulfide) groups is 1. The third-order valence-corrected chi connectivity index (χ3v) is 2.16. The minimum Gasteiger partial charge on any atom is -0.319 e. The second-order valence-corrected chi connectivity index (χ2v) is 3.27. The van der Waals surface area contributed by atoms with E-state index >= 15 is 0 Å². The number of hydrogen-bond acceptors (Lipinski definition) is 3. The number of amides is 1. The van der Waals surface area contributed by atoms with Crippen molar-refractivity contribution >= 4 is 17.7 Å². The Labute approximate surface area is 63.1 Å². The van der Waals surface area contributed by atoms with Gasteiger partial charge in [-0.25, -0.2) is 0 Å². The van der Waals surface area contributed by atoms with Gasteiger partial charge in [0.05, 0.1) is 16.3 Å². The molecule has 0 aromatic carbocycles. The summed E-state index contributed by atoms with van der Waals surface area (Å²) >= 11 is 1.38. The summed E-state index contributed by atoms with van der Waals surface area (Å²) in [6.45, 7) is 1.80. The average Bonchev–Trinajstić information content (AvgIpc) is 2.14. The van der Waals surface area contributed by atoms with Gasteiger partial charge in [0, 0.05) is 6.08 Å². The van der Waals surface area contributed by atoms with E-state index in [1.807, 2.05) is 6.07 Å². The molecule has 1 unspecified atom stereocenters. The second kappa shape index (κ2) is 2.76. The Morgan fingerprint density at radius 2 is 2.60 bits per heavy atom. The number of rotatable bonds is 0. The van der Waals surface area contributed by atoms with Crippen LogP contribution >= 0.6 is 11.8 Å². The number of carbonyl (C=O) groups excluding carboxylic acids is 1. The Kier molecular flexibility index (Phi) is 1.97. The maximum Gasteiger partial charge on any atom is 0.238 e.